The van der Waals surface area contributed by atoms with E-state index >= 15 is 0 Å². The number of nitrogens with zero attached hydrogens (tertiary/aromatic N) is 1. The fourth-order valence-electron chi connectivity index (χ4n) is 1.88. The first-order valence-electron chi connectivity index (χ1n) is 6.33. The molecule has 1 saturated carbocycles. The Hall–Kier alpha value is -1.42. The van der Waals surface area contributed by atoms with Gasteiger partial charge in [-0.25, -0.2) is 4.39 Å². The molecule has 0 unspecified atom stereocenters. The van der Waals surface area contributed by atoms with Crippen molar-refractivity contribution in [2.45, 2.75) is 19.4 Å². The van der Waals surface area contributed by atoms with Crippen LogP contribution in [0.1, 0.15) is 18.4 Å². The minimum atomic E-state index is -0.237. The van der Waals surface area contributed by atoms with Crippen LogP contribution in [0.15, 0.2) is 24.3 Å². The molecule has 0 atom stereocenters. The van der Waals surface area contributed by atoms with Crippen LogP contribution in [-0.4, -0.2) is 30.9 Å². The lowest BCUT2D eigenvalue weighted by Gasteiger charge is -2.16. The summed E-state index contributed by atoms with van der Waals surface area (Å²) >= 11 is 0. The second-order valence-electron chi connectivity index (χ2n) is 5.05. The lowest BCUT2D eigenvalue weighted by Crippen LogP contribution is -2.35. The van der Waals surface area contributed by atoms with Crippen molar-refractivity contribution < 1.29 is 9.18 Å². The van der Waals surface area contributed by atoms with Gasteiger partial charge < -0.3 is 5.32 Å². The highest BCUT2D eigenvalue weighted by atomic mass is 19.1. The number of carbonyl (C=O) groups excluding carboxylic acids is 1. The van der Waals surface area contributed by atoms with E-state index in [2.05, 4.69) is 5.32 Å². The van der Waals surface area contributed by atoms with Crippen molar-refractivity contribution in [3.8, 4) is 0 Å². The number of hydrogen-bond donors (Lipinski definition) is 1. The van der Waals surface area contributed by atoms with Crippen molar-refractivity contribution in [1.29, 1.82) is 0 Å². The minimum absolute atomic E-state index is 0.0424. The Kier molecular flexibility index (Phi) is 4.31. The van der Waals surface area contributed by atoms with Crippen molar-refractivity contribution in [1.82, 2.24) is 10.2 Å². The molecule has 1 aromatic rings. The average molecular weight is 250 g/mol. The van der Waals surface area contributed by atoms with Gasteiger partial charge in [-0.2, -0.15) is 0 Å². The molecule has 1 aromatic carbocycles. The van der Waals surface area contributed by atoms with E-state index < -0.39 is 0 Å². The highest BCUT2D eigenvalue weighted by Gasteiger charge is 2.21. The van der Waals surface area contributed by atoms with Crippen LogP contribution in [0, 0.1) is 11.7 Å². The quantitative estimate of drug-likeness (QED) is 0.834. The molecule has 0 saturated heterocycles. The van der Waals surface area contributed by atoms with Crippen LogP contribution >= 0.6 is 0 Å². The van der Waals surface area contributed by atoms with Crippen LogP contribution in [0.25, 0.3) is 0 Å². The zero-order valence-corrected chi connectivity index (χ0v) is 10.7. The second-order valence-corrected chi connectivity index (χ2v) is 5.05. The van der Waals surface area contributed by atoms with E-state index in [0.29, 0.717) is 19.0 Å². The summed E-state index contributed by atoms with van der Waals surface area (Å²) in [6, 6.07) is 6.47. The molecule has 0 heterocycles. The molecule has 18 heavy (non-hydrogen) atoms. The first kappa shape index (κ1) is 13.0. The summed E-state index contributed by atoms with van der Waals surface area (Å²) < 4.78 is 13.0. The smallest absolute Gasteiger partial charge is 0.234 e. The first-order chi connectivity index (χ1) is 8.63. The summed E-state index contributed by atoms with van der Waals surface area (Å²) in [5.74, 6) is 0.502. The van der Waals surface area contributed by atoms with E-state index in [1.165, 1.54) is 25.0 Å². The van der Waals surface area contributed by atoms with E-state index in [-0.39, 0.29) is 11.7 Å². The monoisotopic (exact) mass is 250 g/mol. The van der Waals surface area contributed by atoms with E-state index in [1.54, 1.807) is 6.07 Å². The molecule has 1 aliphatic rings. The molecule has 4 heteroatoms. The van der Waals surface area contributed by atoms with Crippen molar-refractivity contribution in [2.75, 3.05) is 20.1 Å². The predicted molar refractivity (Wildman–Crippen MR) is 68.5 cm³/mol. The summed E-state index contributed by atoms with van der Waals surface area (Å²) in [5, 5.41) is 2.92. The maximum absolute atomic E-state index is 13.0. The number of nitrogens with one attached hydrogen (secondary N) is 1. The number of carbonyl (C=O) groups is 1. The Morgan fingerprint density at radius 2 is 2.28 bits per heavy atom. The van der Waals surface area contributed by atoms with Crippen molar-refractivity contribution >= 4 is 5.91 Å². The van der Waals surface area contributed by atoms with Gasteiger partial charge in [0.2, 0.25) is 5.91 Å². The lowest BCUT2D eigenvalue weighted by molar-refractivity contribution is -0.122. The number of benzene rings is 1. The fourth-order valence-corrected chi connectivity index (χ4v) is 1.88. The highest BCUT2D eigenvalue weighted by Crippen LogP contribution is 2.27. The Bertz CT molecular complexity index is 418. The summed E-state index contributed by atoms with van der Waals surface area (Å²) in [7, 11) is 1.86. The molecular formula is C14H19FN2O. The van der Waals surface area contributed by atoms with Gasteiger partial charge in [-0.15, -0.1) is 0 Å². The average Bonchev–Trinajstić information content (AvgIpc) is 3.09. The maximum atomic E-state index is 13.0. The third-order valence-corrected chi connectivity index (χ3v) is 3.04. The van der Waals surface area contributed by atoms with Crippen LogP contribution in [0.5, 0.6) is 0 Å². The molecule has 1 N–H and O–H groups in total. The standard InChI is InChI=1S/C14H19FN2O/c1-17(9-12-3-2-4-13(15)7-12)10-14(18)16-8-11-5-6-11/h2-4,7,11H,5-6,8-10H2,1H3,(H,16,18). The normalized spacial score (nSPS) is 14.8. The number of likely N-dealkylation sites (N-methyl/N-ethyl adjacent to an activating group) is 1. The van der Waals surface area contributed by atoms with E-state index in [4.69, 9.17) is 0 Å². The van der Waals surface area contributed by atoms with Crippen LogP contribution in [0.2, 0.25) is 0 Å². The predicted octanol–water partition coefficient (Wildman–Crippen LogP) is 1.78. The first-order valence-corrected chi connectivity index (χ1v) is 6.33. The maximum Gasteiger partial charge on any atom is 0.234 e. The van der Waals surface area contributed by atoms with Gasteiger partial charge in [-0.1, -0.05) is 12.1 Å². The van der Waals surface area contributed by atoms with Crippen LogP contribution in [0.4, 0.5) is 4.39 Å². The Morgan fingerprint density at radius 3 is 2.94 bits per heavy atom. The van der Waals surface area contributed by atoms with Crippen molar-refractivity contribution in [3.63, 3.8) is 0 Å². The zero-order valence-electron chi connectivity index (χ0n) is 10.7. The van der Waals surface area contributed by atoms with E-state index in [0.717, 1.165) is 12.1 Å². The molecule has 0 bridgehead atoms. The largest absolute Gasteiger partial charge is 0.355 e. The molecular weight excluding hydrogens is 231 g/mol. The molecule has 0 aromatic heterocycles. The molecule has 98 valence electrons. The number of halogens is 1. The van der Waals surface area contributed by atoms with Gasteiger partial charge in [0.05, 0.1) is 6.54 Å². The molecule has 0 spiro atoms. The molecule has 0 radical (unpaired) electrons. The van der Waals surface area contributed by atoms with Gasteiger partial charge >= 0.3 is 0 Å². The van der Waals surface area contributed by atoms with Crippen LogP contribution in [0.3, 0.4) is 0 Å². The number of amides is 1. The summed E-state index contributed by atoms with van der Waals surface area (Å²) in [6.45, 7) is 1.73. The second kappa shape index (κ2) is 5.96. The Balaban J connectivity index is 1.73. The topological polar surface area (TPSA) is 32.3 Å². The van der Waals surface area contributed by atoms with Gasteiger partial charge in [0.1, 0.15) is 5.82 Å². The Morgan fingerprint density at radius 1 is 1.50 bits per heavy atom. The van der Waals surface area contributed by atoms with Crippen molar-refractivity contribution in [3.05, 3.63) is 35.6 Å². The van der Waals surface area contributed by atoms with Gasteiger partial charge in [0.15, 0.2) is 0 Å². The van der Waals surface area contributed by atoms with E-state index in [1.807, 2.05) is 18.0 Å². The molecule has 0 aliphatic heterocycles. The Labute approximate surface area is 107 Å². The number of rotatable bonds is 6. The fraction of sp³-hybridized carbons (Fsp3) is 0.500. The number of hydrogen-bond acceptors (Lipinski definition) is 2. The van der Waals surface area contributed by atoms with Gasteiger partial charge in [0.25, 0.3) is 0 Å². The third kappa shape index (κ3) is 4.45. The molecule has 1 aliphatic carbocycles. The third-order valence-electron chi connectivity index (χ3n) is 3.04. The molecule has 3 nitrogen and oxygen atoms in total. The highest BCUT2D eigenvalue weighted by molar-refractivity contribution is 5.77. The summed E-state index contributed by atoms with van der Waals surface area (Å²) in [6.07, 6.45) is 2.47. The zero-order chi connectivity index (χ0) is 13.0. The summed E-state index contributed by atoms with van der Waals surface area (Å²) in [5.41, 5.74) is 0.882. The lowest BCUT2D eigenvalue weighted by atomic mass is 10.2. The van der Waals surface area contributed by atoms with Gasteiger partial charge in [0, 0.05) is 13.1 Å². The van der Waals surface area contributed by atoms with Crippen molar-refractivity contribution in [2.24, 2.45) is 5.92 Å². The SMILES string of the molecule is CN(CC(=O)NCC1CC1)Cc1cccc(F)c1. The van der Waals surface area contributed by atoms with Crippen LogP contribution in [-0.2, 0) is 11.3 Å². The molecule has 1 amide bonds. The minimum Gasteiger partial charge on any atom is -0.355 e. The van der Waals surface area contributed by atoms with E-state index in [9.17, 15) is 9.18 Å². The molecule has 2 rings (SSSR count). The van der Waals surface area contributed by atoms with Gasteiger partial charge in [-0.05, 0) is 43.5 Å². The molecule has 1 fully saturated rings. The van der Waals surface area contributed by atoms with Crippen LogP contribution < -0.4 is 5.32 Å². The van der Waals surface area contributed by atoms with Gasteiger partial charge in [-0.3, -0.25) is 9.69 Å². The summed E-state index contributed by atoms with van der Waals surface area (Å²) in [4.78, 5) is 13.5.